The van der Waals surface area contributed by atoms with Crippen molar-refractivity contribution < 1.29 is 193 Å². The first-order valence-electron chi connectivity index (χ1n) is 35.1. The van der Waals surface area contributed by atoms with Crippen LogP contribution in [0.25, 0.3) is 0 Å². The lowest BCUT2D eigenvalue weighted by molar-refractivity contribution is -0.188. The van der Waals surface area contributed by atoms with Crippen LogP contribution < -0.4 is 28.4 Å². The topological polar surface area (TPSA) is 190 Å². The summed E-state index contributed by atoms with van der Waals surface area (Å²) in [5.74, 6) is -28.0. The van der Waals surface area contributed by atoms with Crippen LogP contribution in [0.4, 0.5) is 132 Å². The minimum atomic E-state index is -6.09. The van der Waals surface area contributed by atoms with Crippen LogP contribution in [0.3, 0.4) is 0 Å². The highest BCUT2D eigenvalue weighted by molar-refractivity contribution is 9.11. The normalized spacial score (nSPS) is 12.5. The summed E-state index contributed by atoms with van der Waals surface area (Å²) in [5, 5.41) is 25.8. The average molecular weight is 2240 g/mol. The van der Waals surface area contributed by atoms with Gasteiger partial charge in [0.2, 0.25) is 24.2 Å². The number of benzene rings is 12. The van der Waals surface area contributed by atoms with Crippen molar-refractivity contribution >= 4 is 103 Å². The van der Waals surface area contributed by atoms with Gasteiger partial charge in [-0.15, -0.1) is 11.8 Å². The maximum absolute atomic E-state index is 14.4. The summed E-state index contributed by atoms with van der Waals surface area (Å²) in [4.78, 5) is 10.3. The number of thiol groups is 1. The largest absolute Gasteiger partial charge is 0.741 e. The van der Waals surface area contributed by atoms with Crippen molar-refractivity contribution in [2.75, 3.05) is 18.3 Å². The number of thioether (sulfide) groups is 1. The van der Waals surface area contributed by atoms with Gasteiger partial charge in [-0.1, -0.05) is 6.07 Å². The number of aromatic carboxylic acids is 1. The zero-order chi connectivity index (χ0) is 99.8. The average Bonchev–Trinajstić information content (AvgIpc) is 0.798. The van der Waals surface area contributed by atoms with Crippen LogP contribution >= 0.6 is 75.5 Å². The van der Waals surface area contributed by atoms with Crippen LogP contribution in [0.5, 0.6) is 46.0 Å². The van der Waals surface area contributed by atoms with Crippen molar-refractivity contribution in [1.29, 1.82) is 0 Å². The number of halogens is 34. The molecule has 0 aromatic heterocycles. The fraction of sp³-hybridized carbons (Fsp3) is 0.120. The van der Waals surface area contributed by atoms with E-state index in [1.165, 1.54) is 54.6 Å². The molecule has 714 valence electrons. The van der Waals surface area contributed by atoms with Gasteiger partial charge < -0.3 is 48.3 Å². The molecule has 0 aliphatic carbocycles. The number of alkyl halides is 11. The second-order valence-corrected chi connectivity index (χ2v) is 32.5. The quantitative estimate of drug-likeness (QED) is 0.0140. The van der Waals surface area contributed by atoms with Gasteiger partial charge in [0.25, 0.3) is 0 Å². The summed E-state index contributed by atoms with van der Waals surface area (Å²) in [6.07, 6.45) is -15.9. The summed E-state index contributed by atoms with van der Waals surface area (Å²) >= 11 is 14.1. The van der Waals surface area contributed by atoms with Crippen LogP contribution in [0, 0.1) is 111 Å². The third-order valence-electron chi connectivity index (χ3n) is 15.6. The zero-order valence-corrected chi connectivity index (χ0v) is 73.5. The number of aromatic hydroxyl groups is 2. The van der Waals surface area contributed by atoms with Crippen LogP contribution in [-0.2, 0) is 46.3 Å². The van der Waals surface area contributed by atoms with Crippen LogP contribution in [0.1, 0.15) is 49.2 Å². The molecular formula is C83H48Br4F30O13S3. The fourth-order valence-corrected chi connectivity index (χ4v) is 13.7. The Morgan fingerprint density at radius 3 is 1.02 bits per heavy atom. The van der Waals surface area contributed by atoms with E-state index in [0.29, 0.717) is 48.0 Å². The maximum atomic E-state index is 14.4. The molecule has 0 bridgehead atoms. The number of phenols is 2. The number of hydrogen-bond acceptors (Lipinski definition) is 13. The molecule has 1 heterocycles. The predicted molar refractivity (Wildman–Crippen MR) is 431 cm³/mol. The Balaban J connectivity index is 0.000000252. The Labute approximate surface area is 771 Å². The summed E-state index contributed by atoms with van der Waals surface area (Å²) in [5.41, 5.74) is -11.5. The van der Waals surface area contributed by atoms with E-state index < -0.39 is 220 Å². The van der Waals surface area contributed by atoms with Crippen molar-refractivity contribution in [2.45, 2.75) is 40.9 Å². The number of carbonyl (C=O) groups is 1. The van der Waals surface area contributed by atoms with E-state index in [9.17, 15) is 137 Å². The first kappa shape index (κ1) is 111. The molecular weight excluding hydrogens is 2190 g/mol. The minimum Gasteiger partial charge on any atom is -0.741 e. The molecule has 1 fully saturated rings. The molecule has 1 atom stereocenters. The zero-order valence-electron chi connectivity index (χ0n) is 64.7. The highest BCUT2D eigenvalue weighted by Gasteiger charge is 2.44. The molecule has 50 heteroatoms. The van der Waals surface area contributed by atoms with E-state index in [1.807, 2.05) is 0 Å². The number of carboxylic acid groups (broad SMARTS) is 1. The SMILES string of the molecule is Fc1c(Br)ccc(C2SCCC[SH+]2)c1F.Fc1ccc(OC(F)(F)c2ccc(Br)c(F)c2F)cc1.Fc1ccc(OC(F)(F)c2ccc(OCOc3ccc(C(F)(F)Oc4ccc(F)cc4)c(F)c3F)c(F)c2F)cc1.Fc1cccc(Br)c1F.O=C(O)c1ccc(Br)c(F)c1F.O=S(=O)([O-])C(F)(F)F.Oc1ccc(C(F)(F)Oc2ccc(F)cc2)c(F)c1F.Oc1ccc(F)cc1. The molecule has 12 aromatic carbocycles. The van der Waals surface area contributed by atoms with Gasteiger partial charge >= 0.3 is 35.9 Å². The van der Waals surface area contributed by atoms with Gasteiger partial charge in [-0.2, -0.15) is 61.5 Å². The van der Waals surface area contributed by atoms with Crippen molar-refractivity contribution in [3.05, 3.63) is 374 Å². The van der Waals surface area contributed by atoms with Crippen molar-refractivity contribution in [3.8, 4) is 46.0 Å². The lowest BCUT2D eigenvalue weighted by Gasteiger charge is -2.20. The number of ether oxygens (including phenoxy) is 6. The van der Waals surface area contributed by atoms with Gasteiger partial charge in [0.1, 0.15) is 85.8 Å². The molecule has 1 saturated heterocycles. The predicted octanol–water partition coefficient (Wildman–Crippen LogP) is 27.5. The number of carboxylic acids is 1. The molecule has 133 heavy (non-hydrogen) atoms. The van der Waals surface area contributed by atoms with Gasteiger partial charge in [0.05, 0.1) is 29.0 Å². The van der Waals surface area contributed by atoms with E-state index in [0.717, 1.165) is 133 Å². The second-order valence-electron chi connectivity index (χ2n) is 24.8. The summed E-state index contributed by atoms with van der Waals surface area (Å²) in [7, 11) is -6.09. The third-order valence-corrected chi connectivity index (χ3v) is 21.8. The summed E-state index contributed by atoms with van der Waals surface area (Å²) < 4.78 is 449. The molecule has 0 amide bonds. The summed E-state index contributed by atoms with van der Waals surface area (Å²) in [6.45, 7) is -1.14. The van der Waals surface area contributed by atoms with E-state index in [4.69, 9.17) is 37.8 Å². The standard InChI is InChI=1S/C27H14F10O4.C13H6BrF5O.C13H7F5O2.C10H9BrF2S2.C7H3BrF2O2.C6H3BrF2.C6H5FO.CHF3O3S/c28-14-1-5-16(6-2-14)40-26(34,35)18-9-11-20(24(32)22(18)30)38-13-39-21-12-10-19(23(31)25(21)33)27(36,37)41-17-7-3-15(29)4-8-17;14-10-6-5-9(11(16)12(10)17)13(18,19)20-8-3-1-7(15)2-4-8;14-7-1-3-8(4-2-7)20-13(17,18)9-5-6-10(19)12(16)11(9)15;11-7-3-2-6(8(12)9(7)13)10-14-4-1-5-15-10;8-4-2-1-3(7(11)12)5(9)6(4)10;7-4-2-1-3-5(8)6(4)9;7-5-1-3-6(8)4-2-5;2-1(3,4)8(5,6)7/h1-12H,13H2;1-6H;1-6,19H;2-3,10H,1,4-5H2;1-2H,(H,11,12);1-3H;1-4,8H;(H,5,6,7). The highest BCUT2D eigenvalue weighted by Crippen LogP contribution is 2.43. The van der Waals surface area contributed by atoms with Crippen LogP contribution in [0.15, 0.2) is 230 Å². The molecule has 1 unspecified atom stereocenters. The molecule has 13 nitrogen and oxygen atoms in total. The van der Waals surface area contributed by atoms with E-state index in [2.05, 4.69) is 82.7 Å². The van der Waals surface area contributed by atoms with Gasteiger partial charge in [0.15, 0.2) is 95.9 Å². The van der Waals surface area contributed by atoms with Gasteiger partial charge in [-0.25, -0.2) is 83.5 Å². The first-order valence-corrected chi connectivity index (χ1v) is 41.9. The van der Waals surface area contributed by atoms with Gasteiger partial charge in [-0.05, 0) is 282 Å². The second kappa shape index (κ2) is 48.7. The number of phenolic OH excluding ortho intramolecular Hbond substituents is 2. The Morgan fingerprint density at radius 1 is 0.376 bits per heavy atom. The molecule has 1 aliphatic heterocycles. The fourth-order valence-electron chi connectivity index (χ4n) is 9.28. The monoisotopic (exact) mass is 2230 g/mol. The third kappa shape index (κ3) is 32.4. The minimum absolute atomic E-state index is 0.0893. The maximum Gasteiger partial charge on any atom is 0.485 e. The Kier molecular flexibility index (Phi) is 40.6. The van der Waals surface area contributed by atoms with E-state index in [-0.39, 0.29) is 39.8 Å². The summed E-state index contributed by atoms with van der Waals surface area (Å²) in [6, 6.07) is 32.8. The van der Waals surface area contributed by atoms with Crippen molar-refractivity contribution in [1.82, 2.24) is 0 Å². The first-order chi connectivity index (χ1) is 61.9. The Hall–Kier alpha value is -11.1. The van der Waals surface area contributed by atoms with Crippen LogP contribution in [-0.4, -0.2) is 58.1 Å². The lowest BCUT2D eigenvalue weighted by atomic mass is 10.1. The number of rotatable bonds is 18. The Bertz CT molecular complexity index is 5800. The molecule has 1 aliphatic rings. The van der Waals surface area contributed by atoms with E-state index >= 15 is 0 Å². The molecule has 0 radical (unpaired) electrons. The van der Waals surface area contributed by atoms with Gasteiger partial charge in [0, 0.05) is 12.2 Å². The molecule has 3 N–H and O–H groups in total. The number of hydrogen-bond donors (Lipinski definition) is 3. The molecule has 13 rings (SSSR count). The smallest absolute Gasteiger partial charge is 0.485 e. The molecule has 0 saturated carbocycles. The highest BCUT2D eigenvalue weighted by atomic mass is 79.9. The van der Waals surface area contributed by atoms with Gasteiger partial charge in [-0.3, -0.25) is 0 Å². The van der Waals surface area contributed by atoms with E-state index in [1.54, 1.807) is 23.9 Å². The lowest BCUT2D eigenvalue weighted by Crippen LogP contribution is -2.24. The van der Waals surface area contributed by atoms with Crippen molar-refractivity contribution in [3.63, 3.8) is 0 Å². The molecule has 0 spiro atoms. The molecule has 12 aromatic rings. The van der Waals surface area contributed by atoms with Crippen molar-refractivity contribution in [2.24, 2.45) is 0 Å². The Morgan fingerprint density at radius 2 is 0.684 bits per heavy atom. The van der Waals surface area contributed by atoms with Crippen LogP contribution in [0.2, 0.25) is 0 Å².